The van der Waals surface area contributed by atoms with Crippen LogP contribution in [0.2, 0.25) is 13.1 Å². The van der Waals surface area contributed by atoms with Gasteiger partial charge in [0.2, 0.25) is 0 Å². The predicted molar refractivity (Wildman–Crippen MR) is 171 cm³/mol. The van der Waals surface area contributed by atoms with Crippen molar-refractivity contribution in [3.8, 4) is 0 Å². The first-order chi connectivity index (χ1) is 18.8. The summed E-state index contributed by atoms with van der Waals surface area (Å²) in [6.07, 6.45) is 4.19. The smallest absolute Gasteiger partial charge is 0.0686 e. The molecule has 0 atom stereocenters. The molecule has 0 radical (unpaired) electrons. The Morgan fingerprint density at radius 1 is 0.513 bits per heavy atom. The summed E-state index contributed by atoms with van der Waals surface area (Å²) < 4.78 is 0. The van der Waals surface area contributed by atoms with Crippen molar-refractivity contribution < 1.29 is 0 Å². The number of hydrogen-bond acceptors (Lipinski definition) is 0. The van der Waals surface area contributed by atoms with E-state index in [1.165, 1.54) is 33.4 Å². The molecule has 0 spiro atoms. The lowest BCUT2D eigenvalue weighted by atomic mass is 9.94. The summed E-state index contributed by atoms with van der Waals surface area (Å²) in [5, 5.41) is 3.39. The second-order valence-electron chi connectivity index (χ2n) is 12.4. The average Bonchev–Trinajstić information content (AvgIpc) is 3.48. The molecule has 0 saturated heterocycles. The molecule has 4 aromatic carbocycles. The molecule has 39 heavy (non-hydrogen) atoms. The van der Waals surface area contributed by atoms with Crippen molar-refractivity contribution in [3.63, 3.8) is 0 Å². The molecule has 0 unspecified atom stereocenters. The van der Waals surface area contributed by atoms with E-state index in [-0.39, 0.29) is 0 Å². The average molecular weight is 525 g/mol. The van der Waals surface area contributed by atoms with E-state index in [0.717, 1.165) is 25.7 Å². The van der Waals surface area contributed by atoms with Gasteiger partial charge in [-0.2, -0.15) is 0 Å². The van der Waals surface area contributed by atoms with Crippen molar-refractivity contribution in [3.05, 3.63) is 152 Å². The maximum Gasteiger partial charge on any atom is 0.113 e. The minimum Gasteiger partial charge on any atom is -0.0686 e. The zero-order valence-corrected chi connectivity index (χ0v) is 25.4. The van der Waals surface area contributed by atoms with Gasteiger partial charge in [0.15, 0.2) is 0 Å². The first-order valence-electron chi connectivity index (χ1n) is 14.5. The third kappa shape index (κ3) is 4.47. The minimum absolute atomic E-state index is 0.998. The minimum atomic E-state index is -2.05. The Labute approximate surface area is 236 Å². The molecule has 0 aromatic heterocycles. The fourth-order valence-electron chi connectivity index (χ4n) is 7.56. The number of benzene rings is 4. The second kappa shape index (κ2) is 9.95. The van der Waals surface area contributed by atoms with E-state index >= 15 is 0 Å². The third-order valence-electron chi connectivity index (χ3n) is 9.23. The highest BCUT2D eigenvalue weighted by atomic mass is 28.3. The first-order valence-corrected chi connectivity index (χ1v) is 17.5. The highest BCUT2D eigenvalue weighted by molar-refractivity contribution is 7.09. The van der Waals surface area contributed by atoms with Gasteiger partial charge < -0.3 is 0 Å². The highest BCUT2D eigenvalue weighted by Crippen LogP contribution is 2.51. The number of hydrogen-bond donors (Lipinski definition) is 0. The molecule has 0 heterocycles. The van der Waals surface area contributed by atoms with Gasteiger partial charge in [-0.05, 0) is 119 Å². The molecule has 196 valence electrons. The van der Waals surface area contributed by atoms with Crippen LogP contribution in [0.25, 0.3) is 10.4 Å². The summed E-state index contributed by atoms with van der Waals surface area (Å²) in [7, 11) is -2.05. The van der Waals surface area contributed by atoms with Gasteiger partial charge >= 0.3 is 0 Å². The van der Waals surface area contributed by atoms with E-state index in [2.05, 4.69) is 126 Å². The molecule has 0 fully saturated rings. The van der Waals surface area contributed by atoms with Crippen LogP contribution in [0.3, 0.4) is 0 Å². The van der Waals surface area contributed by atoms with Crippen LogP contribution in [0, 0.1) is 13.8 Å². The molecule has 2 aliphatic carbocycles. The van der Waals surface area contributed by atoms with E-state index < -0.39 is 8.07 Å². The van der Waals surface area contributed by atoms with Crippen molar-refractivity contribution in [2.45, 2.75) is 66.5 Å². The molecule has 0 bridgehead atoms. The molecule has 0 amide bonds. The van der Waals surface area contributed by atoms with Crippen LogP contribution < -0.4 is 0 Å². The lowest BCUT2D eigenvalue weighted by Crippen LogP contribution is -2.32. The SMILES string of the molecule is CC1=C([Si](C)(C)C2=C(C)Cc3c(C)ccc(Cc4ccccc4)c32)c2c(Cc3ccccc3)ccc(C)c2C1. The van der Waals surface area contributed by atoms with Crippen molar-refractivity contribution in [2.24, 2.45) is 0 Å². The van der Waals surface area contributed by atoms with Gasteiger partial charge in [-0.1, -0.05) is 109 Å². The van der Waals surface area contributed by atoms with Crippen LogP contribution in [0.5, 0.6) is 0 Å². The first kappa shape index (κ1) is 25.8. The lowest BCUT2D eigenvalue weighted by Gasteiger charge is -2.32. The van der Waals surface area contributed by atoms with Gasteiger partial charge in [0, 0.05) is 0 Å². The van der Waals surface area contributed by atoms with Crippen LogP contribution in [0.15, 0.2) is 96.1 Å². The van der Waals surface area contributed by atoms with Gasteiger partial charge in [0.05, 0.1) is 0 Å². The summed E-state index contributed by atoms with van der Waals surface area (Å²) >= 11 is 0. The summed E-state index contributed by atoms with van der Waals surface area (Å²) in [6.45, 7) is 14.7. The van der Waals surface area contributed by atoms with E-state index in [1.54, 1.807) is 43.8 Å². The standard InChI is InChI=1S/C38H40Si/c1-25-17-19-31(23-29-13-9-7-10-14-29)35-33(25)21-27(3)37(35)39(5,6)38-28(4)22-34-26(2)18-20-32(36(34)38)24-30-15-11-8-12-16-30/h7-20H,21-24H2,1-6H3. The van der Waals surface area contributed by atoms with E-state index in [0.29, 0.717) is 0 Å². The maximum atomic E-state index is 2.64. The molecule has 2 aliphatic rings. The second-order valence-corrected chi connectivity index (χ2v) is 16.7. The normalized spacial score (nSPS) is 14.7. The van der Waals surface area contributed by atoms with Crippen molar-refractivity contribution >= 4 is 18.5 Å². The quantitative estimate of drug-likeness (QED) is 0.220. The van der Waals surface area contributed by atoms with Gasteiger partial charge in [0.25, 0.3) is 0 Å². The van der Waals surface area contributed by atoms with E-state index in [1.807, 2.05) is 0 Å². The zero-order chi connectivity index (χ0) is 27.3. The zero-order valence-electron chi connectivity index (χ0n) is 24.4. The van der Waals surface area contributed by atoms with Crippen LogP contribution >= 0.6 is 0 Å². The monoisotopic (exact) mass is 524 g/mol. The van der Waals surface area contributed by atoms with Gasteiger partial charge in [-0.15, -0.1) is 0 Å². The van der Waals surface area contributed by atoms with Gasteiger partial charge in [0.1, 0.15) is 8.07 Å². The Bertz CT molecular complexity index is 1510. The highest BCUT2D eigenvalue weighted by Gasteiger charge is 2.42. The molecule has 1 heteroatoms. The summed E-state index contributed by atoms with van der Waals surface area (Å²) in [5.41, 5.74) is 18.2. The van der Waals surface area contributed by atoms with Gasteiger partial charge in [-0.3, -0.25) is 0 Å². The fraction of sp³-hybridized carbons (Fsp3) is 0.263. The molecule has 0 N–H and O–H groups in total. The molecule has 0 saturated carbocycles. The van der Waals surface area contributed by atoms with E-state index in [4.69, 9.17) is 0 Å². The van der Waals surface area contributed by atoms with Crippen LogP contribution in [-0.4, -0.2) is 8.07 Å². The van der Waals surface area contributed by atoms with Crippen molar-refractivity contribution in [1.29, 1.82) is 0 Å². The third-order valence-corrected chi connectivity index (χ3v) is 13.1. The number of aryl methyl sites for hydroxylation is 2. The lowest BCUT2D eigenvalue weighted by molar-refractivity contribution is 1.12. The summed E-state index contributed by atoms with van der Waals surface area (Å²) in [5.74, 6) is 0. The van der Waals surface area contributed by atoms with Crippen LogP contribution in [0.1, 0.15) is 69.5 Å². The van der Waals surface area contributed by atoms with Crippen molar-refractivity contribution in [2.75, 3.05) is 0 Å². The van der Waals surface area contributed by atoms with Crippen LogP contribution in [-0.2, 0) is 25.7 Å². The Morgan fingerprint density at radius 2 is 0.897 bits per heavy atom. The fourth-order valence-corrected chi connectivity index (χ4v) is 12.0. The van der Waals surface area contributed by atoms with E-state index in [9.17, 15) is 0 Å². The number of fused-ring (bicyclic) bond motifs is 2. The Kier molecular flexibility index (Phi) is 6.59. The molecule has 0 nitrogen and oxygen atoms in total. The summed E-state index contributed by atoms with van der Waals surface area (Å²) in [6, 6.07) is 31.6. The predicted octanol–water partition coefficient (Wildman–Crippen LogP) is 9.63. The topological polar surface area (TPSA) is 0 Å². The molecule has 6 rings (SSSR count). The number of rotatable bonds is 6. The maximum absolute atomic E-state index is 2.64. The molecule has 4 aromatic rings. The Hall–Kier alpha value is -3.42. The molecular weight excluding hydrogens is 485 g/mol. The Morgan fingerprint density at radius 3 is 1.28 bits per heavy atom. The van der Waals surface area contributed by atoms with Crippen molar-refractivity contribution in [1.82, 2.24) is 0 Å². The van der Waals surface area contributed by atoms with Crippen LogP contribution in [0.4, 0.5) is 0 Å². The summed E-state index contributed by atoms with van der Waals surface area (Å²) in [4.78, 5) is 0. The largest absolute Gasteiger partial charge is 0.113 e. The number of allylic oxidation sites excluding steroid dienone is 2. The molecule has 0 aliphatic heterocycles. The Balaban J connectivity index is 1.50. The van der Waals surface area contributed by atoms with Gasteiger partial charge in [-0.25, -0.2) is 0 Å². The molecular formula is C38H40Si.